The van der Waals surface area contributed by atoms with Gasteiger partial charge in [-0.15, -0.1) is 10.2 Å². The first-order valence-corrected chi connectivity index (χ1v) is 12.1. The summed E-state index contributed by atoms with van der Waals surface area (Å²) in [5.74, 6) is -1.95. The molecule has 0 aliphatic rings. The van der Waals surface area contributed by atoms with Gasteiger partial charge in [-0.25, -0.2) is 9.18 Å². The maximum atomic E-state index is 14.2. The first-order valence-electron chi connectivity index (χ1n) is 12.1. The molecule has 1 heterocycles. The summed E-state index contributed by atoms with van der Waals surface area (Å²) in [5, 5.41) is 40.3. The van der Waals surface area contributed by atoms with E-state index in [0.717, 1.165) is 18.4 Å². The third kappa shape index (κ3) is 4.59. The summed E-state index contributed by atoms with van der Waals surface area (Å²) >= 11 is 0. The Hall–Kier alpha value is -4.98. The monoisotopic (exact) mass is 509 g/mol. The first-order chi connectivity index (χ1) is 18.4. The second-order valence-corrected chi connectivity index (χ2v) is 8.84. The van der Waals surface area contributed by atoms with E-state index in [2.05, 4.69) is 17.2 Å². The normalized spacial score (nSPS) is 11.4. The molecule has 4 aromatic carbocycles. The van der Waals surface area contributed by atoms with Crippen molar-refractivity contribution in [3.05, 3.63) is 102 Å². The van der Waals surface area contributed by atoms with Crippen LogP contribution in [0.1, 0.15) is 29.3 Å². The highest BCUT2D eigenvalue weighted by Crippen LogP contribution is 2.43. The van der Waals surface area contributed by atoms with Gasteiger partial charge in [0, 0.05) is 16.6 Å². The molecule has 0 saturated carbocycles. The number of nitrogens with zero attached hydrogens (tertiary/aromatic N) is 3. The average molecular weight is 510 g/mol. The van der Waals surface area contributed by atoms with Crippen LogP contribution in [-0.4, -0.2) is 25.9 Å². The van der Waals surface area contributed by atoms with E-state index in [9.17, 15) is 24.5 Å². The zero-order chi connectivity index (χ0) is 26.8. The Morgan fingerprint density at radius 2 is 1.68 bits per heavy atom. The minimum Gasteiger partial charge on any atom is -0.505 e. The quantitative estimate of drug-likeness (QED) is 0.194. The summed E-state index contributed by atoms with van der Waals surface area (Å²) < 4.78 is 15.7. The van der Waals surface area contributed by atoms with Gasteiger partial charge in [-0.1, -0.05) is 49.7 Å². The second-order valence-electron chi connectivity index (χ2n) is 8.84. The number of hydrogen-bond donors (Lipinski definition) is 3. The van der Waals surface area contributed by atoms with Crippen LogP contribution in [0.5, 0.6) is 11.6 Å². The summed E-state index contributed by atoms with van der Waals surface area (Å²) in [5.41, 5.74) is 3.42. The van der Waals surface area contributed by atoms with Gasteiger partial charge in [0.05, 0.1) is 11.1 Å². The number of phenols is 1. The van der Waals surface area contributed by atoms with Gasteiger partial charge < -0.3 is 15.3 Å². The van der Waals surface area contributed by atoms with Crippen molar-refractivity contribution in [1.82, 2.24) is 4.57 Å². The Morgan fingerprint density at radius 1 is 0.921 bits per heavy atom. The third-order valence-corrected chi connectivity index (χ3v) is 6.31. The van der Waals surface area contributed by atoms with Crippen LogP contribution in [0.2, 0.25) is 0 Å². The van der Waals surface area contributed by atoms with Crippen molar-refractivity contribution < 1.29 is 24.5 Å². The van der Waals surface area contributed by atoms with Crippen LogP contribution in [0.3, 0.4) is 0 Å². The number of halogens is 1. The van der Waals surface area contributed by atoms with Crippen molar-refractivity contribution >= 4 is 28.2 Å². The highest BCUT2D eigenvalue weighted by Gasteiger charge is 2.19. The van der Waals surface area contributed by atoms with Gasteiger partial charge in [-0.2, -0.15) is 0 Å². The maximum absolute atomic E-state index is 14.2. The molecule has 7 nitrogen and oxygen atoms in total. The van der Waals surface area contributed by atoms with E-state index >= 15 is 0 Å². The van der Waals surface area contributed by atoms with E-state index in [1.807, 2.05) is 24.3 Å². The number of aromatic hydroxyl groups is 2. The predicted octanol–water partition coefficient (Wildman–Crippen LogP) is 7.91. The molecular formula is C30H24FN3O4. The SMILES string of the molecule is CCCc1ccc(-n2c(O)c(N=Nc3cccc(-c4cccc(C(=O)O)c4)c3O)c3ccc(F)cc32)cc1. The lowest BCUT2D eigenvalue weighted by Crippen LogP contribution is -1.95. The fourth-order valence-electron chi connectivity index (χ4n) is 4.46. The van der Waals surface area contributed by atoms with Gasteiger partial charge in [0.1, 0.15) is 11.5 Å². The Bertz CT molecular complexity index is 1690. The minimum atomic E-state index is -1.08. The molecule has 1 aromatic heterocycles. The van der Waals surface area contributed by atoms with Crippen molar-refractivity contribution in [3.63, 3.8) is 0 Å². The van der Waals surface area contributed by atoms with E-state index in [-0.39, 0.29) is 28.6 Å². The number of azo groups is 1. The van der Waals surface area contributed by atoms with Gasteiger partial charge in [-0.05, 0) is 66.1 Å². The molecule has 190 valence electrons. The number of carboxylic acids is 1. The van der Waals surface area contributed by atoms with Crippen molar-refractivity contribution in [2.24, 2.45) is 10.2 Å². The smallest absolute Gasteiger partial charge is 0.335 e. The summed E-state index contributed by atoms with van der Waals surface area (Å²) in [7, 11) is 0. The van der Waals surface area contributed by atoms with E-state index in [1.54, 1.807) is 30.3 Å². The lowest BCUT2D eigenvalue weighted by molar-refractivity contribution is 0.0697. The Kier molecular flexibility index (Phi) is 6.62. The summed E-state index contributed by atoms with van der Waals surface area (Å²) in [6.07, 6.45) is 1.93. The van der Waals surface area contributed by atoms with Crippen LogP contribution >= 0.6 is 0 Å². The Labute approximate surface area is 217 Å². The first kappa shape index (κ1) is 24.7. The minimum absolute atomic E-state index is 0.0848. The van der Waals surface area contributed by atoms with Gasteiger partial charge in [0.25, 0.3) is 0 Å². The molecule has 0 atom stereocenters. The maximum Gasteiger partial charge on any atom is 0.335 e. The molecule has 5 aromatic rings. The molecule has 0 bridgehead atoms. The van der Waals surface area contributed by atoms with Gasteiger partial charge in [0.2, 0.25) is 5.88 Å². The molecule has 3 N–H and O–H groups in total. The fraction of sp³-hybridized carbons (Fsp3) is 0.100. The van der Waals surface area contributed by atoms with E-state index in [1.165, 1.54) is 34.9 Å². The standard InChI is InChI=1S/C30H24FN3O4/c1-2-5-18-10-13-22(14-11-18)34-26-17-21(31)12-15-24(26)27(29(34)36)33-32-25-9-4-8-23(28(25)35)19-6-3-7-20(16-19)30(37)38/h3-4,6-17,35-36H,2,5H2,1H3,(H,37,38). The molecule has 0 radical (unpaired) electrons. The average Bonchev–Trinajstić information content (AvgIpc) is 3.19. The number of hydrogen-bond acceptors (Lipinski definition) is 5. The molecule has 0 amide bonds. The largest absolute Gasteiger partial charge is 0.505 e. The van der Waals surface area contributed by atoms with Crippen molar-refractivity contribution in [3.8, 4) is 28.4 Å². The number of carbonyl (C=O) groups is 1. The van der Waals surface area contributed by atoms with E-state index in [0.29, 0.717) is 27.7 Å². The van der Waals surface area contributed by atoms with Crippen LogP contribution in [0.15, 0.2) is 95.2 Å². The number of aromatic carboxylic acids is 1. The molecule has 0 unspecified atom stereocenters. The summed E-state index contributed by atoms with van der Waals surface area (Å²) in [6, 6.07) is 22.8. The Morgan fingerprint density at radius 3 is 2.42 bits per heavy atom. The lowest BCUT2D eigenvalue weighted by Gasteiger charge is -2.08. The third-order valence-electron chi connectivity index (χ3n) is 6.31. The molecule has 8 heteroatoms. The molecular weight excluding hydrogens is 485 g/mol. The van der Waals surface area contributed by atoms with Gasteiger partial charge in [0.15, 0.2) is 11.4 Å². The lowest BCUT2D eigenvalue weighted by atomic mass is 10.0. The molecule has 0 aliphatic heterocycles. The molecule has 38 heavy (non-hydrogen) atoms. The number of fused-ring (bicyclic) bond motifs is 1. The number of aryl methyl sites for hydroxylation is 1. The zero-order valence-corrected chi connectivity index (χ0v) is 20.5. The number of phenolic OH excluding ortho intramolecular Hbond substituents is 1. The molecule has 0 fully saturated rings. The van der Waals surface area contributed by atoms with Crippen molar-refractivity contribution in [2.45, 2.75) is 19.8 Å². The highest BCUT2D eigenvalue weighted by molar-refractivity contribution is 5.96. The summed E-state index contributed by atoms with van der Waals surface area (Å²) in [4.78, 5) is 11.4. The number of benzene rings is 4. The zero-order valence-electron chi connectivity index (χ0n) is 20.5. The Balaban J connectivity index is 1.58. The topological polar surface area (TPSA) is 107 Å². The summed E-state index contributed by atoms with van der Waals surface area (Å²) in [6.45, 7) is 2.10. The number of rotatable bonds is 7. The molecule has 0 saturated heterocycles. The van der Waals surface area contributed by atoms with Crippen LogP contribution in [-0.2, 0) is 6.42 Å². The van der Waals surface area contributed by atoms with E-state index < -0.39 is 11.8 Å². The molecule has 0 aliphatic carbocycles. The number of aromatic nitrogens is 1. The van der Waals surface area contributed by atoms with Crippen LogP contribution in [0, 0.1) is 5.82 Å². The van der Waals surface area contributed by atoms with Crippen molar-refractivity contribution in [1.29, 1.82) is 0 Å². The predicted molar refractivity (Wildman–Crippen MR) is 144 cm³/mol. The van der Waals surface area contributed by atoms with Gasteiger partial charge in [-0.3, -0.25) is 4.57 Å². The van der Waals surface area contributed by atoms with Crippen LogP contribution in [0.25, 0.3) is 27.7 Å². The number of carboxylic acid groups (broad SMARTS) is 1. The van der Waals surface area contributed by atoms with Gasteiger partial charge >= 0.3 is 5.97 Å². The van der Waals surface area contributed by atoms with Crippen LogP contribution in [0.4, 0.5) is 15.8 Å². The second kappa shape index (κ2) is 10.2. The number of para-hydroxylation sites is 1. The fourth-order valence-corrected chi connectivity index (χ4v) is 4.46. The highest BCUT2D eigenvalue weighted by atomic mass is 19.1. The molecule has 0 spiro atoms. The van der Waals surface area contributed by atoms with Crippen molar-refractivity contribution in [2.75, 3.05) is 0 Å². The molecule has 5 rings (SSSR count). The van der Waals surface area contributed by atoms with E-state index in [4.69, 9.17) is 0 Å². The van der Waals surface area contributed by atoms with Crippen LogP contribution < -0.4 is 0 Å².